The molecule has 0 aliphatic carbocycles. The molecule has 1 atom stereocenters. The van der Waals surface area contributed by atoms with Crippen LogP contribution in [0.5, 0.6) is 23.0 Å². The number of unbranched alkanes of at least 4 members (excludes halogenated alkanes) is 1. The van der Waals surface area contributed by atoms with Crippen LogP contribution in [0, 0.1) is 0 Å². The predicted molar refractivity (Wildman–Crippen MR) is 137 cm³/mol. The fourth-order valence-corrected chi connectivity index (χ4v) is 4.92. The Balaban J connectivity index is 1.79. The topological polar surface area (TPSA) is 112 Å². The van der Waals surface area contributed by atoms with Crippen LogP contribution in [0.4, 0.5) is 0 Å². The molecule has 2 aromatic carbocycles. The summed E-state index contributed by atoms with van der Waals surface area (Å²) in [6, 6.07) is 10.6. The van der Waals surface area contributed by atoms with Crippen LogP contribution < -0.4 is 18.9 Å². The molecule has 0 bridgehead atoms. The number of hydrogen-bond donors (Lipinski definition) is 1. The van der Waals surface area contributed by atoms with Gasteiger partial charge in [-0.05, 0) is 68.4 Å². The zero-order valence-electron chi connectivity index (χ0n) is 21.9. The molecule has 1 amide bonds. The van der Waals surface area contributed by atoms with Gasteiger partial charge in [-0.2, -0.15) is 0 Å². The summed E-state index contributed by atoms with van der Waals surface area (Å²) >= 11 is 0. The van der Waals surface area contributed by atoms with Gasteiger partial charge in [0.2, 0.25) is 5.75 Å². The normalized spacial score (nSPS) is 17.1. The SMILES string of the molecule is COc1ccc(CCCC[C@@]2(C(=O)O)CCCCN2C(=O)C(=O)c2cc(OC)c(OC)c(OC)c2)cc1. The lowest BCUT2D eigenvalue weighted by Gasteiger charge is -2.44. The van der Waals surface area contributed by atoms with E-state index in [1.54, 1.807) is 7.11 Å². The minimum absolute atomic E-state index is 0.0452. The summed E-state index contributed by atoms with van der Waals surface area (Å²) in [5.41, 5.74) is -0.255. The summed E-state index contributed by atoms with van der Waals surface area (Å²) in [6.45, 7) is 0.208. The summed E-state index contributed by atoms with van der Waals surface area (Å²) < 4.78 is 21.1. The highest BCUT2D eigenvalue weighted by molar-refractivity contribution is 6.43. The van der Waals surface area contributed by atoms with Crippen molar-refractivity contribution >= 4 is 17.7 Å². The van der Waals surface area contributed by atoms with Crippen molar-refractivity contribution in [3.05, 3.63) is 47.5 Å². The summed E-state index contributed by atoms with van der Waals surface area (Å²) in [7, 11) is 5.89. The summed E-state index contributed by atoms with van der Waals surface area (Å²) in [4.78, 5) is 40.6. The van der Waals surface area contributed by atoms with Crippen LogP contribution >= 0.6 is 0 Å². The van der Waals surface area contributed by atoms with E-state index in [0.29, 0.717) is 31.4 Å². The second-order valence-corrected chi connectivity index (χ2v) is 9.05. The van der Waals surface area contributed by atoms with E-state index >= 15 is 0 Å². The average molecular weight is 514 g/mol. The number of aliphatic carboxylic acids is 1. The van der Waals surface area contributed by atoms with Crippen LogP contribution in [-0.4, -0.2) is 68.2 Å². The number of ketones is 1. The first-order chi connectivity index (χ1) is 17.8. The van der Waals surface area contributed by atoms with E-state index in [1.807, 2.05) is 24.3 Å². The first kappa shape index (κ1) is 27.8. The molecule has 2 aromatic rings. The van der Waals surface area contributed by atoms with Gasteiger partial charge in [-0.1, -0.05) is 18.6 Å². The Morgan fingerprint density at radius 3 is 2.08 bits per heavy atom. The van der Waals surface area contributed by atoms with Crippen molar-refractivity contribution < 1.29 is 38.4 Å². The van der Waals surface area contributed by atoms with E-state index in [1.165, 1.54) is 38.4 Å². The molecule has 1 aliphatic heterocycles. The monoisotopic (exact) mass is 513 g/mol. The highest BCUT2D eigenvalue weighted by Gasteiger charge is 2.49. The fourth-order valence-electron chi connectivity index (χ4n) is 4.92. The summed E-state index contributed by atoms with van der Waals surface area (Å²) in [5.74, 6) is -1.19. The third-order valence-electron chi connectivity index (χ3n) is 6.97. The number of hydrogen-bond acceptors (Lipinski definition) is 7. The van der Waals surface area contributed by atoms with Crippen LogP contribution in [0.3, 0.4) is 0 Å². The molecule has 200 valence electrons. The van der Waals surface area contributed by atoms with Gasteiger partial charge in [0.15, 0.2) is 11.5 Å². The zero-order chi connectivity index (χ0) is 27.0. The molecule has 0 saturated carbocycles. The van der Waals surface area contributed by atoms with Gasteiger partial charge in [0.05, 0.1) is 28.4 Å². The van der Waals surface area contributed by atoms with Crippen LogP contribution in [0.25, 0.3) is 0 Å². The van der Waals surface area contributed by atoms with E-state index < -0.39 is 23.2 Å². The number of benzene rings is 2. The predicted octanol–water partition coefficient (Wildman–Crippen LogP) is 4.15. The van der Waals surface area contributed by atoms with Crippen molar-refractivity contribution in [3.8, 4) is 23.0 Å². The van der Waals surface area contributed by atoms with Crippen LogP contribution in [0.1, 0.15) is 54.4 Å². The number of Topliss-reactive ketones (excluding diaryl/α,β-unsaturated/α-hetero) is 1. The Hall–Kier alpha value is -3.75. The Morgan fingerprint density at radius 1 is 0.892 bits per heavy atom. The minimum Gasteiger partial charge on any atom is -0.497 e. The maximum Gasteiger partial charge on any atom is 0.329 e. The number of aryl methyl sites for hydroxylation is 1. The largest absolute Gasteiger partial charge is 0.497 e. The molecule has 9 nitrogen and oxygen atoms in total. The molecule has 3 rings (SSSR count). The van der Waals surface area contributed by atoms with Gasteiger partial charge in [0.1, 0.15) is 11.3 Å². The number of nitrogens with zero attached hydrogens (tertiary/aromatic N) is 1. The maximum atomic E-state index is 13.5. The molecule has 37 heavy (non-hydrogen) atoms. The van der Waals surface area contributed by atoms with Gasteiger partial charge in [-0.25, -0.2) is 4.79 Å². The Bertz CT molecular complexity index is 1090. The van der Waals surface area contributed by atoms with Crippen molar-refractivity contribution in [1.29, 1.82) is 0 Å². The lowest BCUT2D eigenvalue weighted by molar-refractivity contribution is -0.161. The second kappa shape index (κ2) is 12.5. The number of ether oxygens (including phenoxy) is 4. The van der Waals surface area contributed by atoms with E-state index in [4.69, 9.17) is 18.9 Å². The van der Waals surface area contributed by atoms with Gasteiger partial charge in [0.25, 0.3) is 11.7 Å². The number of amides is 1. The molecular formula is C28H35NO8. The highest BCUT2D eigenvalue weighted by Crippen LogP contribution is 2.39. The van der Waals surface area contributed by atoms with E-state index in [9.17, 15) is 19.5 Å². The number of piperidine rings is 1. The lowest BCUT2D eigenvalue weighted by Crippen LogP contribution is -2.60. The highest BCUT2D eigenvalue weighted by atomic mass is 16.5. The number of carbonyl (C=O) groups excluding carboxylic acids is 2. The quantitative estimate of drug-likeness (QED) is 0.256. The van der Waals surface area contributed by atoms with Gasteiger partial charge in [0, 0.05) is 12.1 Å². The van der Waals surface area contributed by atoms with E-state index in [-0.39, 0.29) is 30.0 Å². The number of carboxylic acid groups (broad SMARTS) is 1. The molecule has 1 fully saturated rings. The Morgan fingerprint density at radius 2 is 1.54 bits per heavy atom. The van der Waals surface area contributed by atoms with Crippen molar-refractivity contribution in [2.24, 2.45) is 0 Å². The number of methoxy groups -OCH3 is 4. The number of likely N-dealkylation sites (tertiary alicyclic amines) is 1. The minimum atomic E-state index is -1.43. The number of rotatable bonds is 12. The van der Waals surface area contributed by atoms with Gasteiger partial charge in [-0.3, -0.25) is 9.59 Å². The van der Waals surface area contributed by atoms with E-state index in [2.05, 4.69) is 0 Å². The zero-order valence-corrected chi connectivity index (χ0v) is 21.9. The third-order valence-corrected chi connectivity index (χ3v) is 6.97. The molecule has 0 aromatic heterocycles. The Labute approximate surface area is 217 Å². The molecule has 1 N–H and O–H groups in total. The Kier molecular flexibility index (Phi) is 9.38. The molecule has 1 heterocycles. The van der Waals surface area contributed by atoms with Crippen molar-refractivity contribution in [1.82, 2.24) is 4.90 Å². The molecule has 0 spiro atoms. The standard InChI is InChI=1S/C28H35NO8/c1-34-21-12-10-19(11-13-21)9-5-6-14-28(27(32)33)15-7-8-16-29(28)26(31)24(30)20-17-22(35-2)25(37-4)23(18-20)36-3/h10-13,17-18H,5-9,14-16H2,1-4H3,(H,32,33)/t28-/m0/s1. The summed E-state index contributed by atoms with van der Waals surface area (Å²) in [5, 5.41) is 10.3. The lowest BCUT2D eigenvalue weighted by atomic mass is 9.81. The smallest absolute Gasteiger partial charge is 0.329 e. The first-order valence-electron chi connectivity index (χ1n) is 12.3. The van der Waals surface area contributed by atoms with Crippen molar-refractivity contribution in [2.75, 3.05) is 35.0 Å². The van der Waals surface area contributed by atoms with Crippen LogP contribution in [-0.2, 0) is 16.0 Å². The van der Waals surface area contributed by atoms with Gasteiger partial charge >= 0.3 is 5.97 Å². The number of carboxylic acids is 1. The molecule has 0 unspecified atom stereocenters. The second-order valence-electron chi connectivity index (χ2n) is 9.05. The van der Waals surface area contributed by atoms with E-state index in [0.717, 1.165) is 24.2 Å². The van der Waals surface area contributed by atoms with Gasteiger partial charge < -0.3 is 29.0 Å². The molecular weight excluding hydrogens is 478 g/mol. The van der Waals surface area contributed by atoms with Crippen molar-refractivity contribution in [2.45, 2.75) is 50.5 Å². The molecule has 1 saturated heterocycles. The summed E-state index contributed by atoms with van der Waals surface area (Å²) in [6.07, 6.45) is 4.01. The third kappa shape index (κ3) is 5.98. The van der Waals surface area contributed by atoms with Crippen molar-refractivity contribution in [3.63, 3.8) is 0 Å². The molecule has 1 aliphatic rings. The van der Waals surface area contributed by atoms with Crippen LogP contribution in [0.2, 0.25) is 0 Å². The van der Waals surface area contributed by atoms with Crippen LogP contribution in [0.15, 0.2) is 36.4 Å². The molecule has 9 heteroatoms. The number of carbonyl (C=O) groups is 3. The fraction of sp³-hybridized carbons (Fsp3) is 0.464. The average Bonchev–Trinajstić information content (AvgIpc) is 2.93. The molecule has 0 radical (unpaired) electrons. The van der Waals surface area contributed by atoms with Gasteiger partial charge in [-0.15, -0.1) is 0 Å². The first-order valence-corrected chi connectivity index (χ1v) is 12.3. The maximum absolute atomic E-state index is 13.5.